The smallest absolute Gasteiger partial charge is 0.320 e. The Balaban J connectivity index is 1.79. The van der Waals surface area contributed by atoms with Crippen molar-refractivity contribution in [3.05, 3.63) is 47.7 Å². The molecule has 0 unspecified atom stereocenters. The number of aliphatic hydroxyl groups excluding tert-OH is 1. The van der Waals surface area contributed by atoms with Crippen LogP contribution in [-0.2, 0) is 7.05 Å². The molecule has 1 aromatic carbocycles. The first-order chi connectivity index (χ1) is 11.5. The molecule has 3 rings (SSSR count). The first-order valence-electron chi connectivity index (χ1n) is 8.28. The Hall–Kier alpha value is -2.34. The summed E-state index contributed by atoms with van der Waals surface area (Å²) in [6, 6.07) is 11.2. The number of nitrogens with zero attached hydrogens (tertiary/aromatic N) is 2. The maximum absolute atomic E-state index is 12.5. The molecule has 3 N–H and O–H groups in total. The molecule has 1 atom stereocenters. The van der Waals surface area contributed by atoms with E-state index in [1.54, 1.807) is 11.7 Å². The Morgan fingerprint density at radius 3 is 2.58 bits per heavy atom. The van der Waals surface area contributed by atoms with Crippen molar-refractivity contribution in [3.8, 4) is 0 Å². The van der Waals surface area contributed by atoms with Gasteiger partial charge < -0.3 is 10.4 Å². The number of aliphatic hydroxyl groups is 1. The number of carbonyl (C=O) groups is 1. The third-order valence-corrected chi connectivity index (χ3v) is 4.93. The highest BCUT2D eigenvalue weighted by molar-refractivity contribution is 5.88. The monoisotopic (exact) mass is 328 g/mol. The van der Waals surface area contributed by atoms with Gasteiger partial charge in [0.2, 0.25) is 0 Å². The van der Waals surface area contributed by atoms with Crippen LogP contribution in [0.25, 0.3) is 0 Å². The quantitative estimate of drug-likeness (QED) is 0.789. The topological polar surface area (TPSA) is 79.2 Å². The zero-order valence-corrected chi connectivity index (χ0v) is 14.1. The Kier molecular flexibility index (Phi) is 4.57. The summed E-state index contributed by atoms with van der Waals surface area (Å²) in [5.41, 5.74) is 1.59. The van der Waals surface area contributed by atoms with Crippen LogP contribution in [0.2, 0.25) is 0 Å². The molecule has 1 saturated carbocycles. The average molecular weight is 328 g/mol. The molecule has 0 aliphatic heterocycles. The van der Waals surface area contributed by atoms with Gasteiger partial charge in [0.1, 0.15) is 5.82 Å². The molecule has 6 heteroatoms. The summed E-state index contributed by atoms with van der Waals surface area (Å²) >= 11 is 0. The van der Waals surface area contributed by atoms with Gasteiger partial charge in [-0.25, -0.2) is 4.79 Å². The van der Waals surface area contributed by atoms with Gasteiger partial charge in [0.15, 0.2) is 0 Å². The molecule has 128 valence electrons. The first kappa shape index (κ1) is 16.5. The average Bonchev–Trinajstić information content (AvgIpc) is 2.84. The highest BCUT2D eigenvalue weighted by Gasteiger charge is 2.45. The summed E-state index contributed by atoms with van der Waals surface area (Å²) in [6.07, 6.45) is 2.90. The van der Waals surface area contributed by atoms with Crippen LogP contribution in [-0.4, -0.2) is 27.5 Å². The van der Waals surface area contributed by atoms with Gasteiger partial charge in [0.25, 0.3) is 0 Å². The lowest BCUT2D eigenvalue weighted by Crippen LogP contribution is -2.48. The summed E-state index contributed by atoms with van der Waals surface area (Å²) in [5, 5.41) is 20.1. The maximum atomic E-state index is 12.5. The lowest BCUT2D eigenvalue weighted by molar-refractivity contribution is 0.00969. The summed E-state index contributed by atoms with van der Waals surface area (Å²) in [7, 11) is 1.79. The van der Waals surface area contributed by atoms with Gasteiger partial charge in [-0.05, 0) is 25.3 Å². The second kappa shape index (κ2) is 6.65. The zero-order chi connectivity index (χ0) is 17.2. The van der Waals surface area contributed by atoms with Gasteiger partial charge in [-0.15, -0.1) is 0 Å². The number of aromatic nitrogens is 2. The Bertz CT molecular complexity index is 702. The number of anilines is 1. The molecule has 0 radical (unpaired) electrons. The summed E-state index contributed by atoms with van der Waals surface area (Å²) in [6.45, 7) is 1.95. The van der Waals surface area contributed by atoms with E-state index in [1.807, 2.05) is 43.3 Å². The molecule has 0 saturated heterocycles. The number of carbonyl (C=O) groups excluding carboxylic acids is 1. The van der Waals surface area contributed by atoms with Crippen molar-refractivity contribution >= 4 is 11.8 Å². The predicted octanol–water partition coefficient (Wildman–Crippen LogP) is 2.75. The lowest BCUT2D eigenvalue weighted by atomic mass is 9.63. The van der Waals surface area contributed by atoms with E-state index < -0.39 is 0 Å². The predicted molar refractivity (Wildman–Crippen MR) is 92.7 cm³/mol. The highest BCUT2D eigenvalue weighted by atomic mass is 16.3. The largest absolute Gasteiger partial charge is 0.396 e. The number of urea groups is 1. The van der Waals surface area contributed by atoms with Crippen LogP contribution in [0, 0.1) is 12.3 Å². The van der Waals surface area contributed by atoms with E-state index in [0.29, 0.717) is 5.82 Å². The molecular weight excluding hydrogens is 304 g/mol. The van der Waals surface area contributed by atoms with E-state index in [2.05, 4.69) is 15.7 Å². The van der Waals surface area contributed by atoms with Crippen molar-refractivity contribution in [2.45, 2.75) is 32.2 Å². The fourth-order valence-corrected chi connectivity index (χ4v) is 3.42. The molecular formula is C18H24N4O2. The van der Waals surface area contributed by atoms with E-state index in [-0.39, 0.29) is 24.1 Å². The van der Waals surface area contributed by atoms with Crippen LogP contribution in [0.5, 0.6) is 0 Å². The van der Waals surface area contributed by atoms with Gasteiger partial charge in [-0.2, -0.15) is 5.10 Å². The molecule has 1 fully saturated rings. The molecule has 6 nitrogen and oxygen atoms in total. The van der Waals surface area contributed by atoms with Crippen LogP contribution >= 0.6 is 0 Å². The van der Waals surface area contributed by atoms with Crippen molar-refractivity contribution in [2.24, 2.45) is 12.5 Å². The van der Waals surface area contributed by atoms with Gasteiger partial charge in [0.05, 0.1) is 18.3 Å². The van der Waals surface area contributed by atoms with Crippen LogP contribution in [0.1, 0.15) is 36.6 Å². The van der Waals surface area contributed by atoms with E-state index in [4.69, 9.17) is 0 Å². The molecule has 1 aliphatic carbocycles. The summed E-state index contributed by atoms with van der Waals surface area (Å²) in [5.74, 6) is 0.642. The molecule has 1 heterocycles. The molecule has 0 spiro atoms. The normalized spacial score (nSPS) is 17.0. The fraction of sp³-hybridized carbons (Fsp3) is 0.444. The Labute approximate surface area is 141 Å². The molecule has 1 aromatic heterocycles. The van der Waals surface area contributed by atoms with Crippen LogP contribution in [0.15, 0.2) is 36.4 Å². The molecule has 2 aromatic rings. The number of hydrogen-bond acceptors (Lipinski definition) is 3. The number of hydrogen-bond donors (Lipinski definition) is 3. The van der Waals surface area contributed by atoms with Crippen molar-refractivity contribution < 1.29 is 9.90 Å². The van der Waals surface area contributed by atoms with Crippen molar-refractivity contribution in [2.75, 3.05) is 11.9 Å². The van der Waals surface area contributed by atoms with Crippen LogP contribution in [0.3, 0.4) is 0 Å². The van der Waals surface area contributed by atoms with Gasteiger partial charge in [-0.3, -0.25) is 10.00 Å². The van der Waals surface area contributed by atoms with Crippen LogP contribution < -0.4 is 10.6 Å². The molecule has 24 heavy (non-hydrogen) atoms. The summed E-state index contributed by atoms with van der Waals surface area (Å²) in [4.78, 5) is 12.5. The third kappa shape index (κ3) is 3.14. The summed E-state index contributed by atoms with van der Waals surface area (Å²) < 4.78 is 1.64. The van der Waals surface area contributed by atoms with E-state index in [0.717, 1.165) is 30.5 Å². The van der Waals surface area contributed by atoms with E-state index in [1.165, 1.54) is 0 Å². The maximum Gasteiger partial charge on any atom is 0.320 e. The van der Waals surface area contributed by atoms with Crippen molar-refractivity contribution in [1.29, 1.82) is 0 Å². The van der Waals surface area contributed by atoms with Gasteiger partial charge in [-0.1, -0.05) is 36.8 Å². The number of aryl methyl sites for hydroxylation is 2. The van der Waals surface area contributed by atoms with Gasteiger partial charge in [0, 0.05) is 18.5 Å². The standard InChI is InChI=1S/C18H24N4O2/c1-13-11-15(22(2)21-13)19-17(24)20-16(14-7-4-3-5-8-14)18(12-23)9-6-10-18/h3-5,7-8,11,16,23H,6,9-10,12H2,1-2H3,(H2,19,20,24)/t16-/m1/s1. The Morgan fingerprint density at radius 2 is 2.08 bits per heavy atom. The number of nitrogens with one attached hydrogen (secondary N) is 2. The minimum atomic E-state index is -0.286. The number of amides is 2. The molecule has 2 amide bonds. The first-order valence-corrected chi connectivity index (χ1v) is 8.28. The number of benzene rings is 1. The lowest BCUT2D eigenvalue weighted by Gasteiger charge is -2.46. The van der Waals surface area contributed by atoms with E-state index >= 15 is 0 Å². The second-order valence-electron chi connectivity index (χ2n) is 6.61. The highest BCUT2D eigenvalue weighted by Crippen LogP contribution is 2.49. The Morgan fingerprint density at radius 1 is 1.38 bits per heavy atom. The van der Waals surface area contributed by atoms with Crippen molar-refractivity contribution in [1.82, 2.24) is 15.1 Å². The van der Waals surface area contributed by atoms with Crippen molar-refractivity contribution in [3.63, 3.8) is 0 Å². The molecule has 0 bridgehead atoms. The third-order valence-electron chi connectivity index (χ3n) is 4.93. The fourth-order valence-electron chi connectivity index (χ4n) is 3.42. The minimum Gasteiger partial charge on any atom is -0.396 e. The second-order valence-corrected chi connectivity index (χ2v) is 6.61. The van der Waals surface area contributed by atoms with Crippen LogP contribution in [0.4, 0.5) is 10.6 Å². The molecule has 1 aliphatic rings. The minimum absolute atomic E-state index is 0.0671. The van der Waals surface area contributed by atoms with Gasteiger partial charge >= 0.3 is 6.03 Å². The zero-order valence-electron chi connectivity index (χ0n) is 14.1. The van der Waals surface area contributed by atoms with E-state index in [9.17, 15) is 9.90 Å². The SMILES string of the molecule is Cc1cc(NC(=O)N[C@H](c2ccccc2)C2(CO)CCC2)n(C)n1. The number of rotatable bonds is 5.